The average Bonchev–Trinajstić information content (AvgIpc) is 2.88. The van der Waals surface area contributed by atoms with Gasteiger partial charge in [0.05, 0.1) is 10.6 Å². The van der Waals surface area contributed by atoms with Crippen molar-refractivity contribution >= 4 is 39.1 Å². The van der Waals surface area contributed by atoms with Gasteiger partial charge in [-0.3, -0.25) is 13.9 Å². The molecule has 0 unspecified atom stereocenters. The van der Waals surface area contributed by atoms with E-state index in [2.05, 4.69) is 5.32 Å². The molecule has 0 saturated heterocycles. The summed E-state index contributed by atoms with van der Waals surface area (Å²) in [4.78, 5) is 28.2. The van der Waals surface area contributed by atoms with Crippen molar-refractivity contribution in [1.82, 2.24) is 10.2 Å². The number of amides is 2. The first-order chi connectivity index (χ1) is 18.0. The van der Waals surface area contributed by atoms with E-state index in [9.17, 15) is 18.0 Å². The number of carbonyl (C=O) groups excluding carboxylic acids is 2. The van der Waals surface area contributed by atoms with E-state index in [1.54, 1.807) is 51.1 Å². The van der Waals surface area contributed by atoms with Gasteiger partial charge in [-0.15, -0.1) is 0 Å². The van der Waals surface area contributed by atoms with Crippen molar-refractivity contribution in [3.8, 4) is 0 Å². The quantitative estimate of drug-likeness (QED) is 0.381. The van der Waals surface area contributed by atoms with Crippen LogP contribution in [0.25, 0.3) is 0 Å². The summed E-state index contributed by atoms with van der Waals surface area (Å²) in [5.41, 5.74) is 3.56. The fraction of sp³-hybridized carbons (Fsp3) is 0.310. The Bertz CT molecular complexity index is 1410. The first-order valence-corrected chi connectivity index (χ1v) is 14.2. The summed E-state index contributed by atoms with van der Waals surface area (Å²) in [6.07, 6.45) is 0. The van der Waals surface area contributed by atoms with Crippen LogP contribution < -0.4 is 9.62 Å². The minimum absolute atomic E-state index is 0.0532. The van der Waals surface area contributed by atoms with Crippen molar-refractivity contribution in [2.24, 2.45) is 0 Å². The molecule has 1 atom stereocenters. The van der Waals surface area contributed by atoms with Crippen LogP contribution in [0.1, 0.15) is 36.1 Å². The van der Waals surface area contributed by atoms with E-state index in [1.165, 1.54) is 17.0 Å². The van der Waals surface area contributed by atoms with Crippen LogP contribution in [0.2, 0.25) is 5.02 Å². The number of rotatable bonds is 10. The highest BCUT2D eigenvalue weighted by molar-refractivity contribution is 7.92. The molecule has 0 aromatic heterocycles. The van der Waals surface area contributed by atoms with Gasteiger partial charge in [0.1, 0.15) is 12.6 Å². The molecular formula is C29H34ClN3O4S. The zero-order valence-corrected chi connectivity index (χ0v) is 23.9. The van der Waals surface area contributed by atoms with Crippen molar-refractivity contribution < 1.29 is 18.0 Å². The Morgan fingerprint density at radius 1 is 0.947 bits per heavy atom. The fourth-order valence-electron chi connectivity index (χ4n) is 4.09. The number of hydrogen-bond donors (Lipinski definition) is 1. The molecule has 0 bridgehead atoms. The molecule has 2 amide bonds. The molecule has 0 aliphatic rings. The molecule has 0 spiro atoms. The molecule has 202 valence electrons. The Kier molecular flexibility index (Phi) is 9.57. The number of nitrogens with zero attached hydrogens (tertiary/aromatic N) is 2. The van der Waals surface area contributed by atoms with Crippen LogP contribution >= 0.6 is 11.6 Å². The summed E-state index contributed by atoms with van der Waals surface area (Å²) in [6.45, 7) is 9.00. The third-order valence-electron chi connectivity index (χ3n) is 6.52. The van der Waals surface area contributed by atoms with E-state index >= 15 is 0 Å². The van der Waals surface area contributed by atoms with Crippen molar-refractivity contribution in [1.29, 1.82) is 0 Å². The largest absolute Gasteiger partial charge is 0.355 e. The van der Waals surface area contributed by atoms with Crippen LogP contribution in [0, 0.1) is 20.8 Å². The maximum Gasteiger partial charge on any atom is 0.264 e. The molecule has 0 fully saturated rings. The second-order valence-electron chi connectivity index (χ2n) is 9.23. The predicted molar refractivity (Wildman–Crippen MR) is 152 cm³/mol. The van der Waals surface area contributed by atoms with E-state index in [0.717, 1.165) is 21.0 Å². The van der Waals surface area contributed by atoms with Crippen LogP contribution in [0.5, 0.6) is 0 Å². The zero-order chi connectivity index (χ0) is 28.0. The summed E-state index contributed by atoms with van der Waals surface area (Å²) in [7, 11) is -4.15. The maximum atomic E-state index is 13.9. The Balaban J connectivity index is 2.09. The van der Waals surface area contributed by atoms with Gasteiger partial charge in [-0.25, -0.2) is 8.42 Å². The minimum atomic E-state index is -4.15. The normalized spacial score (nSPS) is 12.1. The molecule has 38 heavy (non-hydrogen) atoms. The van der Waals surface area contributed by atoms with Crippen LogP contribution in [-0.2, 0) is 26.2 Å². The number of sulfonamides is 1. The highest BCUT2D eigenvalue weighted by Crippen LogP contribution is 2.31. The SMILES string of the molecule is CCNC(=O)[C@H](C)N(Cc1ccccc1C)C(=O)CN(c1cccc(Cl)c1C)S(=O)(=O)c1ccc(C)cc1. The van der Waals surface area contributed by atoms with Gasteiger partial charge in [-0.05, 0) is 75.6 Å². The number of benzene rings is 3. The van der Waals surface area contributed by atoms with Crippen LogP contribution in [0.15, 0.2) is 71.6 Å². The Hall–Kier alpha value is -3.36. The molecule has 3 aromatic rings. The second kappa shape index (κ2) is 12.5. The minimum Gasteiger partial charge on any atom is -0.355 e. The lowest BCUT2D eigenvalue weighted by Crippen LogP contribution is -2.51. The van der Waals surface area contributed by atoms with Gasteiger partial charge in [-0.1, -0.05) is 59.6 Å². The third kappa shape index (κ3) is 6.55. The van der Waals surface area contributed by atoms with E-state index in [-0.39, 0.29) is 17.3 Å². The molecule has 0 radical (unpaired) electrons. The number of nitrogens with one attached hydrogen (secondary N) is 1. The molecule has 0 aliphatic heterocycles. The second-order valence-corrected chi connectivity index (χ2v) is 11.5. The topological polar surface area (TPSA) is 86.8 Å². The molecule has 3 rings (SSSR count). The van der Waals surface area contributed by atoms with Gasteiger partial charge in [0.15, 0.2) is 0 Å². The van der Waals surface area contributed by atoms with Crippen LogP contribution in [0.3, 0.4) is 0 Å². The number of hydrogen-bond acceptors (Lipinski definition) is 4. The molecule has 0 aliphatic carbocycles. The molecular weight excluding hydrogens is 522 g/mol. The molecule has 0 saturated carbocycles. The van der Waals surface area contributed by atoms with Gasteiger partial charge < -0.3 is 10.2 Å². The molecule has 1 N–H and O–H groups in total. The van der Waals surface area contributed by atoms with Gasteiger partial charge in [0.25, 0.3) is 10.0 Å². The molecule has 3 aromatic carbocycles. The lowest BCUT2D eigenvalue weighted by Gasteiger charge is -2.32. The van der Waals surface area contributed by atoms with E-state index in [1.807, 2.05) is 38.1 Å². The lowest BCUT2D eigenvalue weighted by atomic mass is 10.1. The third-order valence-corrected chi connectivity index (χ3v) is 8.70. The highest BCUT2D eigenvalue weighted by atomic mass is 35.5. The number of anilines is 1. The highest BCUT2D eigenvalue weighted by Gasteiger charge is 2.33. The number of carbonyl (C=O) groups is 2. The van der Waals surface area contributed by atoms with Crippen molar-refractivity contribution in [3.05, 3.63) is 94.0 Å². The van der Waals surface area contributed by atoms with E-state index < -0.39 is 28.5 Å². The lowest BCUT2D eigenvalue weighted by molar-refractivity contribution is -0.139. The number of likely N-dealkylation sites (N-methyl/N-ethyl adjacent to an activating group) is 1. The van der Waals surface area contributed by atoms with Crippen molar-refractivity contribution in [2.75, 3.05) is 17.4 Å². The number of aryl methyl sites for hydroxylation is 2. The predicted octanol–water partition coefficient (Wildman–Crippen LogP) is 5.01. The number of halogens is 1. The van der Waals surface area contributed by atoms with E-state index in [0.29, 0.717) is 22.8 Å². The molecule has 9 heteroatoms. The summed E-state index contributed by atoms with van der Waals surface area (Å²) in [6, 6.07) is 18.1. The summed E-state index contributed by atoms with van der Waals surface area (Å²) in [5.74, 6) is -0.830. The summed E-state index contributed by atoms with van der Waals surface area (Å²) < 4.78 is 28.9. The van der Waals surface area contributed by atoms with Crippen LogP contribution in [0.4, 0.5) is 5.69 Å². The summed E-state index contributed by atoms with van der Waals surface area (Å²) in [5, 5.41) is 3.14. The monoisotopic (exact) mass is 555 g/mol. The standard InChI is InChI=1S/C29H34ClN3O4S/c1-6-31-29(35)23(5)32(18-24-11-8-7-10-21(24)3)28(34)19-33(27-13-9-12-26(30)22(27)4)38(36,37)25-16-14-20(2)15-17-25/h7-17,23H,6,18-19H2,1-5H3,(H,31,35)/t23-/m0/s1. The fourth-order valence-corrected chi connectivity index (χ4v) is 5.73. The zero-order valence-electron chi connectivity index (χ0n) is 22.4. The van der Waals surface area contributed by atoms with Crippen molar-refractivity contribution in [2.45, 2.75) is 52.1 Å². The van der Waals surface area contributed by atoms with Gasteiger partial charge in [0.2, 0.25) is 11.8 Å². The Morgan fingerprint density at radius 3 is 2.24 bits per heavy atom. The van der Waals surface area contributed by atoms with Crippen LogP contribution in [-0.4, -0.2) is 44.3 Å². The first kappa shape index (κ1) is 29.2. The smallest absolute Gasteiger partial charge is 0.264 e. The summed E-state index contributed by atoms with van der Waals surface area (Å²) >= 11 is 6.36. The Morgan fingerprint density at radius 2 is 1.61 bits per heavy atom. The molecule has 0 heterocycles. The van der Waals surface area contributed by atoms with Crippen molar-refractivity contribution in [3.63, 3.8) is 0 Å². The molecule has 7 nitrogen and oxygen atoms in total. The average molecular weight is 556 g/mol. The van der Waals surface area contributed by atoms with Gasteiger partial charge in [-0.2, -0.15) is 0 Å². The maximum absolute atomic E-state index is 13.9. The van der Waals surface area contributed by atoms with Gasteiger partial charge in [0, 0.05) is 18.1 Å². The van der Waals surface area contributed by atoms with Gasteiger partial charge >= 0.3 is 0 Å². The first-order valence-electron chi connectivity index (χ1n) is 12.4. The Labute approximate surface area is 230 Å². The van der Waals surface area contributed by atoms with E-state index in [4.69, 9.17) is 11.6 Å².